The van der Waals surface area contributed by atoms with Crippen LogP contribution in [-0.4, -0.2) is 65.3 Å². The first-order valence-electron chi connectivity index (χ1n) is 9.67. The molecule has 0 amide bonds. The maximum atomic E-state index is 9.72. The van der Waals surface area contributed by atoms with Crippen LogP contribution < -0.4 is 4.90 Å². The minimum atomic E-state index is 0.457. The first-order chi connectivity index (χ1) is 13.7. The molecule has 5 rings (SSSR count). The van der Waals surface area contributed by atoms with Crippen LogP contribution in [0, 0.1) is 11.3 Å². The number of pyridine rings is 2. The number of hydrogen-bond donors (Lipinski definition) is 1. The summed E-state index contributed by atoms with van der Waals surface area (Å²) in [5.74, 6) is 0. The number of nitrogens with zero attached hydrogens (tertiary/aromatic N) is 5. The molecular weight excluding hydrogens is 376 g/mol. The summed E-state index contributed by atoms with van der Waals surface area (Å²) in [4.78, 5) is 17.0. The van der Waals surface area contributed by atoms with Gasteiger partial charge in [0.25, 0.3) is 0 Å². The Morgan fingerprint density at radius 3 is 2.68 bits per heavy atom. The fraction of sp³-hybridized carbons (Fsp3) is 0.450. The zero-order valence-corrected chi connectivity index (χ0v) is 16.2. The molecule has 0 radical (unpaired) electrons. The van der Waals surface area contributed by atoms with Crippen LogP contribution in [0.2, 0.25) is 5.02 Å². The summed E-state index contributed by atoms with van der Waals surface area (Å²) in [5.41, 5.74) is 3.00. The Hall–Kier alpha value is -2.40. The van der Waals surface area contributed by atoms with E-state index in [2.05, 4.69) is 30.8 Å². The van der Waals surface area contributed by atoms with E-state index in [-0.39, 0.29) is 0 Å². The summed E-state index contributed by atoms with van der Waals surface area (Å²) in [6, 6.07) is 4.77. The van der Waals surface area contributed by atoms with E-state index in [0.29, 0.717) is 16.8 Å². The molecule has 0 aromatic carbocycles. The summed E-state index contributed by atoms with van der Waals surface area (Å²) in [7, 11) is 0. The second-order valence-electron chi connectivity index (χ2n) is 7.40. The molecule has 0 aliphatic carbocycles. The molecule has 0 spiro atoms. The maximum absolute atomic E-state index is 9.72. The smallest absolute Gasteiger partial charge is 0.164 e. The fourth-order valence-corrected chi connectivity index (χ4v) is 4.67. The number of aromatic amines is 1. The van der Waals surface area contributed by atoms with Crippen LogP contribution in [0.5, 0.6) is 0 Å². The molecule has 2 aliphatic rings. The number of halogens is 1. The Labute approximate surface area is 167 Å². The minimum absolute atomic E-state index is 0.457. The van der Waals surface area contributed by atoms with Crippen LogP contribution in [0.4, 0.5) is 5.69 Å². The lowest BCUT2D eigenvalue weighted by molar-refractivity contribution is 0.0115. The van der Waals surface area contributed by atoms with Crippen LogP contribution in [-0.2, 0) is 4.74 Å². The van der Waals surface area contributed by atoms with E-state index in [9.17, 15) is 5.26 Å². The quantitative estimate of drug-likeness (QED) is 0.717. The minimum Gasteiger partial charge on any atom is -0.379 e. The third kappa shape index (κ3) is 2.98. The second-order valence-corrected chi connectivity index (χ2v) is 7.83. The molecule has 0 atom stereocenters. The molecule has 0 saturated carbocycles. The van der Waals surface area contributed by atoms with Crippen LogP contribution in [0.1, 0.15) is 18.5 Å². The average Bonchev–Trinajstić information content (AvgIpc) is 3.11. The van der Waals surface area contributed by atoms with Crippen LogP contribution >= 0.6 is 11.6 Å². The standard InChI is InChI=1S/C20H21ClN6O/c21-13-9-15-18-17(25-20(15)24-11-13)12-23-16(10-22)19(18)27-3-1-14(2-4-27)26-5-7-28-8-6-26/h9,11-12,14H,1-8H2,(H,24,25). The number of nitriles is 1. The van der Waals surface area contributed by atoms with Gasteiger partial charge >= 0.3 is 0 Å². The van der Waals surface area contributed by atoms with Crippen molar-refractivity contribution >= 4 is 39.2 Å². The summed E-state index contributed by atoms with van der Waals surface area (Å²) >= 11 is 6.21. The molecule has 5 heterocycles. The summed E-state index contributed by atoms with van der Waals surface area (Å²) in [6.07, 6.45) is 5.49. The first kappa shape index (κ1) is 17.7. The highest BCUT2D eigenvalue weighted by molar-refractivity contribution is 6.31. The Morgan fingerprint density at radius 2 is 1.93 bits per heavy atom. The van der Waals surface area contributed by atoms with Crippen molar-refractivity contribution in [3.05, 3.63) is 29.2 Å². The second kappa shape index (κ2) is 7.21. The number of nitrogens with one attached hydrogen (secondary N) is 1. The monoisotopic (exact) mass is 396 g/mol. The van der Waals surface area contributed by atoms with E-state index in [0.717, 1.165) is 79.9 Å². The first-order valence-corrected chi connectivity index (χ1v) is 10.0. The zero-order chi connectivity index (χ0) is 19.1. The van der Waals surface area contributed by atoms with Gasteiger partial charge in [-0.1, -0.05) is 11.6 Å². The van der Waals surface area contributed by atoms with Crippen LogP contribution in [0.25, 0.3) is 21.9 Å². The largest absolute Gasteiger partial charge is 0.379 e. The van der Waals surface area contributed by atoms with E-state index in [1.807, 2.05) is 6.07 Å². The lowest BCUT2D eigenvalue weighted by Crippen LogP contribution is -2.49. The van der Waals surface area contributed by atoms with Crippen LogP contribution in [0.15, 0.2) is 18.5 Å². The maximum Gasteiger partial charge on any atom is 0.164 e. The molecule has 1 N–H and O–H groups in total. The molecule has 28 heavy (non-hydrogen) atoms. The van der Waals surface area contributed by atoms with Crippen molar-refractivity contribution in [3.8, 4) is 6.07 Å². The van der Waals surface area contributed by atoms with E-state index >= 15 is 0 Å². The lowest BCUT2D eigenvalue weighted by Gasteiger charge is -2.41. The number of piperidine rings is 1. The van der Waals surface area contributed by atoms with Gasteiger partial charge in [0, 0.05) is 49.2 Å². The number of morpholine rings is 1. The van der Waals surface area contributed by atoms with Gasteiger partial charge in [0.1, 0.15) is 11.7 Å². The highest BCUT2D eigenvalue weighted by atomic mass is 35.5. The van der Waals surface area contributed by atoms with Crippen molar-refractivity contribution < 1.29 is 4.74 Å². The average molecular weight is 397 g/mol. The summed E-state index contributed by atoms with van der Waals surface area (Å²) < 4.78 is 5.48. The number of H-pyrrole nitrogens is 1. The summed E-state index contributed by atoms with van der Waals surface area (Å²) in [6.45, 7) is 5.47. The Balaban J connectivity index is 1.52. The van der Waals surface area contributed by atoms with Gasteiger partial charge in [-0.2, -0.15) is 5.26 Å². The number of aromatic nitrogens is 3. The van der Waals surface area contributed by atoms with Crippen molar-refractivity contribution in [2.45, 2.75) is 18.9 Å². The summed E-state index contributed by atoms with van der Waals surface area (Å²) in [5, 5.41) is 12.2. The van der Waals surface area contributed by atoms with Gasteiger partial charge in [0.15, 0.2) is 5.69 Å². The number of fused-ring (bicyclic) bond motifs is 3. The predicted octanol–water partition coefficient (Wildman–Crippen LogP) is 2.94. The van der Waals surface area contributed by atoms with Gasteiger partial charge in [0.05, 0.1) is 35.6 Å². The third-order valence-corrected chi connectivity index (χ3v) is 6.09. The molecule has 8 heteroatoms. The van der Waals surface area contributed by atoms with E-state index < -0.39 is 0 Å². The van der Waals surface area contributed by atoms with Gasteiger partial charge in [-0.05, 0) is 18.9 Å². The van der Waals surface area contributed by atoms with Gasteiger partial charge in [-0.15, -0.1) is 0 Å². The normalized spacial score (nSPS) is 19.4. The molecule has 7 nitrogen and oxygen atoms in total. The number of ether oxygens (including phenoxy) is 1. The predicted molar refractivity (Wildman–Crippen MR) is 109 cm³/mol. The lowest BCUT2D eigenvalue weighted by atomic mass is 10.0. The zero-order valence-electron chi connectivity index (χ0n) is 15.5. The van der Waals surface area contributed by atoms with Gasteiger partial charge in [-0.3, -0.25) is 4.90 Å². The van der Waals surface area contributed by atoms with Gasteiger partial charge < -0.3 is 14.6 Å². The molecule has 0 unspecified atom stereocenters. The van der Waals surface area contributed by atoms with Gasteiger partial charge in [0.2, 0.25) is 0 Å². The number of anilines is 1. The Kier molecular flexibility index (Phi) is 4.55. The van der Waals surface area contributed by atoms with E-state index in [1.54, 1.807) is 12.4 Å². The highest BCUT2D eigenvalue weighted by Crippen LogP contribution is 2.37. The molecule has 3 aromatic heterocycles. The topological polar surface area (TPSA) is 81.1 Å². The molecule has 2 aliphatic heterocycles. The van der Waals surface area contributed by atoms with Gasteiger partial charge in [-0.25, -0.2) is 9.97 Å². The molecule has 144 valence electrons. The number of rotatable bonds is 2. The highest BCUT2D eigenvalue weighted by Gasteiger charge is 2.28. The fourth-order valence-electron chi connectivity index (χ4n) is 4.51. The molecule has 0 bridgehead atoms. The van der Waals surface area contributed by atoms with Crippen molar-refractivity contribution in [3.63, 3.8) is 0 Å². The molecule has 3 aromatic rings. The van der Waals surface area contributed by atoms with E-state index in [4.69, 9.17) is 16.3 Å². The number of hydrogen-bond acceptors (Lipinski definition) is 6. The van der Waals surface area contributed by atoms with Crippen molar-refractivity contribution in [1.82, 2.24) is 19.9 Å². The molecule has 2 saturated heterocycles. The van der Waals surface area contributed by atoms with Crippen LogP contribution in [0.3, 0.4) is 0 Å². The SMILES string of the molecule is N#Cc1ncc2[nH]c3ncc(Cl)cc3c2c1N1CCC(N2CCOCC2)CC1. The third-order valence-electron chi connectivity index (χ3n) is 5.88. The van der Waals surface area contributed by atoms with Crippen molar-refractivity contribution in [1.29, 1.82) is 5.26 Å². The molecule has 2 fully saturated rings. The Morgan fingerprint density at radius 1 is 1.14 bits per heavy atom. The van der Waals surface area contributed by atoms with E-state index in [1.165, 1.54) is 0 Å². The van der Waals surface area contributed by atoms with Crippen molar-refractivity contribution in [2.75, 3.05) is 44.3 Å². The Bertz CT molecular complexity index is 1060. The molecular formula is C20H21ClN6O. The van der Waals surface area contributed by atoms with Crippen molar-refractivity contribution in [2.24, 2.45) is 0 Å².